The molecule has 2 aromatic rings. The van der Waals surface area contributed by atoms with Crippen LogP contribution in [0.15, 0.2) is 36.4 Å². The molecule has 0 saturated heterocycles. The van der Waals surface area contributed by atoms with Gasteiger partial charge >= 0.3 is 5.97 Å². The molecule has 5 heteroatoms. The summed E-state index contributed by atoms with van der Waals surface area (Å²) in [5.74, 6) is 2.21. The van der Waals surface area contributed by atoms with Crippen LogP contribution >= 0.6 is 11.6 Å². The van der Waals surface area contributed by atoms with E-state index in [4.69, 9.17) is 16.3 Å². The zero-order valence-electron chi connectivity index (χ0n) is 15.1. The van der Waals surface area contributed by atoms with Crippen molar-refractivity contribution in [3.05, 3.63) is 58.1 Å². The van der Waals surface area contributed by atoms with Gasteiger partial charge in [0.15, 0.2) is 0 Å². The molecule has 140 valence electrons. The van der Waals surface area contributed by atoms with E-state index in [0.29, 0.717) is 29.2 Å². The maximum atomic E-state index is 11.2. The second kappa shape index (κ2) is 6.16. The summed E-state index contributed by atoms with van der Waals surface area (Å²) in [6.07, 6.45) is 3.80. The van der Waals surface area contributed by atoms with Crippen molar-refractivity contribution in [3.8, 4) is 5.75 Å². The number of hydrogen-bond acceptors (Lipinski definition) is 3. The van der Waals surface area contributed by atoms with Crippen LogP contribution < -0.4 is 10.1 Å². The average molecular weight is 384 g/mol. The highest BCUT2D eigenvalue weighted by molar-refractivity contribution is 6.32. The molecule has 0 radical (unpaired) electrons. The number of rotatable bonds is 3. The molecule has 4 nitrogen and oxygen atoms in total. The van der Waals surface area contributed by atoms with E-state index in [2.05, 4.69) is 5.32 Å². The lowest BCUT2D eigenvalue weighted by atomic mass is 9.68. The minimum Gasteiger partial charge on any atom is -0.495 e. The summed E-state index contributed by atoms with van der Waals surface area (Å²) in [7, 11) is 1.69. The number of carbonyl (C=O) groups is 1. The zero-order valence-corrected chi connectivity index (χ0v) is 15.9. The molecule has 2 aliphatic carbocycles. The van der Waals surface area contributed by atoms with Gasteiger partial charge in [-0.05, 0) is 72.8 Å². The van der Waals surface area contributed by atoms with Crippen molar-refractivity contribution in [3.63, 3.8) is 0 Å². The largest absolute Gasteiger partial charge is 0.495 e. The minimum absolute atomic E-state index is 0.146. The second-order valence-corrected chi connectivity index (χ2v) is 8.43. The molecule has 27 heavy (non-hydrogen) atoms. The topological polar surface area (TPSA) is 58.6 Å². The number of hydrogen-bond donors (Lipinski definition) is 2. The normalized spacial score (nSPS) is 30.4. The van der Waals surface area contributed by atoms with Crippen molar-refractivity contribution < 1.29 is 14.6 Å². The summed E-state index contributed by atoms with van der Waals surface area (Å²) in [6.45, 7) is 0. The van der Waals surface area contributed by atoms with Crippen LogP contribution in [0.25, 0.3) is 0 Å². The molecule has 5 rings (SSSR count). The Morgan fingerprint density at radius 2 is 1.89 bits per heavy atom. The summed E-state index contributed by atoms with van der Waals surface area (Å²) < 4.78 is 5.63. The van der Waals surface area contributed by atoms with E-state index in [-0.39, 0.29) is 6.04 Å². The molecule has 2 aromatic carbocycles. The summed E-state index contributed by atoms with van der Waals surface area (Å²) in [4.78, 5) is 11.2. The maximum Gasteiger partial charge on any atom is 0.335 e. The van der Waals surface area contributed by atoms with E-state index in [0.717, 1.165) is 22.0 Å². The number of carboxylic acid groups (broad SMARTS) is 1. The molecule has 0 aromatic heterocycles. The molecule has 1 aliphatic heterocycles. The van der Waals surface area contributed by atoms with Gasteiger partial charge in [0.25, 0.3) is 0 Å². The Hall–Kier alpha value is -2.20. The van der Waals surface area contributed by atoms with Crippen LogP contribution in [0.5, 0.6) is 5.75 Å². The number of nitrogens with one attached hydrogen (secondary N) is 1. The van der Waals surface area contributed by atoms with Gasteiger partial charge in [-0.15, -0.1) is 0 Å². The zero-order chi connectivity index (χ0) is 18.7. The molecule has 3 aliphatic rings. The van der Waals surface area contributed by atoms with Crippen LogP contribution in [0.3, 0.4) is 0 Å². The minimum atomic E-state index is -0.894. The highest BCUT2D eigenvalue weighted by Gasteiger charge is 2.54. The van der Waals surface area contributed by atoms with Crippen molar-refractivity contribution in [1.29, 1.82) is 0 Å². The van der Waals surface area contributed by atoms with E-state index < -0.39 is 5.97 Å². The molecule has 2 N–H and O–H groups in total. The molecular weight excluding hydrogens is 362 g/mol. The molecule has 0 amide bonds. The first kappa shape index (κ1) is 16.9. The van der Waals surface area contributed by atoms with Gasteiger partial charge in [0.2, 0.25) is 0 Å². The van der Waals surface area contributed by atoms with Gasteiger partial charge in [0.1, 0.15) is 5.75 Å². The Labute approximate surface area is 163 Å². The standard InChI is InChI=1S/C22H22ClNO3/c1-27-16-9-8-15(23)19-17-13-6-7-14(10-13)18(17)20(24-21(16)19)11-2-4-12(5-3-11)22(25)26/h2-5,8-9,13-14,17-18,20,24H,6-7,10H2,1H3,(H,25,26)/t13-,14-,17-,18+,20+/m0/s1. The van der Waals surface area contributed by atoms with Crippen molar-refractivity contribution in [1.82, 2.24) is 0 Å². The van der Waals surface area contributed by atoms with E-state index in [1.54, 1.807) is 19.2 Å². The number of aromatic carboxylic acids is 1. The number of halogens is 1. The fraction of sp³-hybridized carbons (Fsp3) is 0.409. The van der Waals surface area contributed by atoms with E-state index in [1.165, 1.54) is 24.8 Å². The third-order valence-corrected chi connectivity index (χ3v) is 7.22. The van der Waals surface area contributed by atoms with Gasteiger partial charge in [-0.25, -0.2) is 4.79 Å². The Bertz CT molecular complexity index is 911. The van der Waals surface area contributed by atoms with Crippen LogP contribution in [-0.4, -0.2) is 18.2 Å². The third-order valence-electron chi connectivity index (χ3n) is 6.89. The second-order valence-electron chi connectivity index (χ2n) is 8.02. The number of carboxylic acids is 1. The molecule has 2 fully saturated rings. The van der Waals surface area contributed by atoms with Crippen LogP contribution in [-0.2, 0) is 0 Å². The molecule has 0 spiro atoms. The molecule has 1 heterocycles. The first-order chi connectivity index (χ1) is 13.1. The number of benzene rings is 2. The van der Waals surface area contributed by atoms with E-state index in [1.807, 2.05) is 24.3 Å². The number of ether oxygens (including phenoxy) is 1. The van der Waals surface area contributed by atoms with Gasteiger partial charge in [-0.1, -0.05) is 23.7 Å². The molecule has 2 saturated carbocycles. The summed E-state index contributed by atoms with van der Waals surface area (Å²) in [5.41, 5.74) is 3.67. The Morgan fingerprint density at radius 1 is 1.15 bits per heavy atom. The van der Waals surface area contributed by atoms with E-state index in [9.17, 15) is 9.90 Å². The summed E-state index contributed by atoms with van der Waals surface area (Å²) >= 11 is 6.66. The quantitative estimate of drug-likeness (QED) is 0.750. The fourth-order valence-electron chi connectivity index (χ4n) is 5.85. The van der Waals surface area contributed by atoms with Gasteiger partial charge in [-0.3, -0.25) is 0 Å². The number of fused-ring (bicyclic) bond motifs is 7. The lowest BCUT2D eigenvalue weighted by Gasteiger charge is -2.44. The first-order valence-electron chi connectivity index (χ1n) is 9.54. The smallest absolute Gasteiger partial charge is 0.335 e. The van der Waals surface area contributed by atoms with Gasteiger partial charge in [-0.2, -0.15) is 0 Å². The molecule has 2 bridgehead atoms. The van der Waals surface area contributed by atoms with Crippen molar-refractivity contribution in [2.75, 3.05) is 12.4 Å². The maximum absolute atomic E-state index is 11.2. The lowest BCUT2D eigenvalue weighted by molar-refractivity contribution is 0.0697. The first-order valence-corrected chi connectivity index (χ1v) is 9.92. The van der Waals surface area contributed by atoms with Crippen LogP contribution in [0.4, 0.5) is 5.69 Å². The number of methoxy groups -OCH3 is 1. The van der Waals surface area contributed by atoms with Crippen LogP contribution in [0, 0.1) is 17.8 Å². The Balaban J connectivity index is 1.63. The van der Waals surface area contributed by atoms with Gasteiger partial charge in [0, 0.05) is 10.6 Å². The SMILES string of the molecule is COc1ccc(Cl)c2c1N[C@H](c1ccc(C(=O)O)cc1)[C@@H]1[C@H]3CC[C@@H](C3)[C@H]21. The predicted octanol–water partition coefficient (Wildman–Crippen LogP) is 5.34. The summed E-state index contributed by atoms with van der Waals surface area (Å²) in [6, 6.07) is 11.3. The Morgan fingerprint density at radius 3 is 2.59 bits per heavy atom. The average Bonchev–Trinajstić information content (AvgIpc) is 3.30. The Kier molecular flexibility index (Phi) is 3.87. The number of anilines is 1. The van der Waals surface area contributed by atoms with E-state index >= 15 is 0 Å². The predicted molar refractivity (Wildman–Crippen MR) is 105 cm³/mol. The monoisotopic (exact) mass is 383 g/mol. The highest BCUT2D eigenvalue weighted by atomic mass is 35.5. The molecule has 5 atom stereocenters. The fourth-order valence-corrected chi connectivity index (χ4v) is 6.14. The molecular formula is C22H22ClNO3. The molecule has 0 unspecified atom stereocenters. The van der Waals surface area contributed by atoms with Crippen molar-refractivity contribution in [2.24, 2.45) is 17.8 Å². The van der Waals surface area contributed by atoms with Crippen molar-refractivity contribution in [2.45, 2.75) is 31.2 Å². The van der Waals surface area contributed by atoms with Crippen LogP contribution in [0.2, 0.25) is 5.02 Å². The third kappa shape index (κ3) is 2.46. The van der Waals surface area contributed by atoms with Gasteiger partial charge in [0.05, 0.1) is 24.4 Å². The van der Waals surface area contributed by atoms with Crippen molar-refractivity contribution >= 4 is 23.3 Å². The van der Waals surface area contributed by atoms with Gasteiger partial charge < -0.3 is 15.2 Å². The summed E-state index contributed by atoms with van der Waals surface area (Å²) in [5, 5.41) is 13.7. The van der Waals surface area contributed by atoms with Crippen LogP contribution in [0.1, 0.15) is 52.7 Å². The lowest BCUT2D eigenvalue weighted by Crippen LogP contribution is -2.35. The highest BCUT2D eigenvalue weighted by Crippen LogP contribution is 2.65.